The summed E-state index contributed by atoms with van der Waals surface area (Å²) in [4.78, 5) is 0. The number of rotatable bonds is 6. The van der Waals surface area contributed by atoms with Crippen molar-refractivity contribution in [1.82, 2.24) is 0 Å². The van der Waals surface area contributed by atoms with Gasteiger partial charge in [0, 0.05) is 5.56 Å². The standard InChI is InChI=1S/C23H24F3N/c1-2-3-4-5-6-15-9-21(25)23(22(26)10-15)17-8-7-16-11-19(14-27)20(24)13-18(16)12-17/h9-11,13,17H,2-8,12H2,1H3. The van der Waals surface area contributed by atoms with E-state index in [0.29, 0.717) is 31.2 Å². The number of halogens is 3. The molecule has 142 valence electrons. The average Bonchev–Trinajstić information content (AvgIpc) is 2.64. The smallest absolute Gasteiger partial charge is 0.141 e. The molecule has 0 radical (unpaired) electrons. The molecule has 1 aliphatic rings. The van der Waals surface area contributed by atoms with Crippen molar-refractivity contribution in [3.05, 3.63) is 69.5 Å². The molecule has 0 aliphatic heterocycles. The van der Waals surface area contributed by atoms with Gasteiger partial charge < -0.3 is 0 Å². The zero-order chi connectivity index (χ0) is 19.4. The van der Waals surface area contributed by atoms with Crippen molar-refractivity contribution < 1.29 is 13.2 Å². The molecule has 1 atom stereocenters. The van der Waals surface area contributed by atoms with E-state index in [1.807, 2.05) is 6.07 Å². The van der Waals surface area contributed by atoms with Gasteiger partial charge in [-0.05, 0) is 79.0 Å². The molecule has 0 spiro atoms. The predicted molar refractivity (Wildman–Crippen MR) is 100 cm³/mol. The van der Waals surface area contributed by atoms with E-state index in [1.54, 1.807) is 6.07 Å². The summed E-state index contributed by atoms with van der Waals surface area (Å²) < 4.78 is 43.3. The van der Waals surface area contributed by atoms with Crippen LogP contribution in [0, 0.1) is 28.8 Å². The molecule has 27 heavy (non-hydrogen) atoms. The first-order valence-corrected chi connectivity index (χ1v) is 9.72. The van der Waals surface area contributed by atoms with E-state index in [0.717, 1.165) is 36.8 Å². The Hall–Kier alpha value is -2.28. The van der Waals surface area contributed by atoms with Crippen LogP contribution in [0.5, 0.6) is 0 Å². The Bertz CT molecular complexity index is 844. The summed E-state index contributed by atoms with van der Waals surface area (Å²) in [5.74, 6) is -1.87. The van der Waals surface area contributed by atoms with Gasteiger partial charge in [-0.25, -0.2) is 13.2 Å². The van der Waals surface area contributed by atoms with Crippen molar-refractivity contribution in [2.45, 2.75) is 64.2 Å². The number of hydrogen-bond acceptors (Lipinski definition) is 1. The second kappa shape index (κ2) is 8.61. The lowest BCUT2D eigenvalue weighted by molar-refractivity contribution is 0.487. The summed E-state index contributed by atoms with van der Waals surface area (Å²) in [6.45, 7) is 2.13. The van der Waals surface area contributed by atoms with Crippen molar-refractivity contribution in [3.8, 4) is 6.07 Å². The molecule has 2 aromatic rings. The summed E-state index contributed by atoms with van der Waals surface area (Å²) in [7, 11) is 0. The maximum atomic E-state index is 14.7. The Morgan fingerprint density at radius 2 is 1.70 bits per heavy atom. The second-order valence-electron chi connectivity index (χ2n) is 7.44. The van der Waals surface area contributed by atoms with Crippen molar-refractivity contribution in [3.63, 3.8) is 0 Å². The van der Waals surface area contributed by atoms with Crippen LogP contribution in [0.15, 0.2) is 24.3 Å². The average molecular weight is 371 g/mol. The molecule has 0 saturated carbocycles. The van der Waals surface area contributed by atoms with E-state index in [1.165, 1.54) is 18.2 Å². The first-order valence-electron chi connectivity index (χ1n) is 9.72. The summed E-state index contributed by atoms with van der Waals surface area (Å²) in [6.07, 6.45) is 6.52. The largest absolute Gasteiger partial charge is 0.207 e. The maximum Gasteiger partial charge on any atom is 0.141 e. The van der Waals surface area contributed by atoms with Gasteiger partial charge >= 0.3 is 0 Å². The normalized spacial score (nSPS) is 16.0. The third-order valence-corrected chi connectivity index (χ3v) is 5.50. The van der Waals surface area contributed by atoms with Gasteiger partial charge in [-0.1, -0.05) is 26.2 Å². The molecule has 1 nitrogen and oxygen atoms in total. The fourth-order valence-corrected chi connectivity index (χ4v) is 4.04. The number of hydrogen-bond donors (Lipinski definition) is 0. The lowest BCUT2D eigenvalue weighted by Crippen LogP contribution is -2.16. The van der Waals surface area contributed by atoms with Crippen LogP contribution in [-0.4, -0.2) is 0 Å². The highest BCUT2D eigenvalue weighted by atomic mass is 19.1. The van der Waals surface area contributed by atoms with E-state index in [4.69, 9.17) is 5.26 Å². The van der Waals surface area contributed by atoms with Crippen LogP contribution in [0.3, 0.4) is 0 Å². The van der Waals surface area contributed by atoms with E-state index >= 15 is 0 Å². The van der Waals surface area contributed by atoms with Gasteiger partial charge in [-0.2, -0.15) is 5.26 Å². The van der Waals surface area contributed by atoms with Gasteiger partial charge in [0.15, 0.2) is 0 Å². The third-order valence-electron chi connectivity index (χ3n) is 5.50. The predicted octanol–water partition coefficient (Wildman–Crippen LogP) is 6.37. The van der Waals surface area contributed by atoms with E-state index in [2.05, 4.69) is 6.92 Å². The monoisotopic (exact) mass is 371 g/mol. The molecule has 0 amide bonds. The highest BCUT2D eigenvalue weighted by molar-refractivity contribution is 5.42. The van der Waals surface area contributed by atoms with Crippen molar-refractivity contribution in [2.75, 3.05) is 0 Å². The molecule has 0 saturated heterocycles. The van der Waals surface area contributed by atoms with Gasteiger partial charge in [0.1, 0.15) is 23.5 Å². The van der Waals surface area contributed by atoms with Crippen molar-refractivity contribution in [1.29, 1.82) is 5.26 Å². The Morgan fingerprint density at radius 1 is 0.963 bits per heavy atom. The van der Waals surface area contributed by atoms with Crippen LogP contribution < -0.4 is 0 Å². The van der Waals surface area contributed by atoms with Gasteiger partial charge in [0.2, 0.25) is 0 Å². The second-order valence-corrected chi connectivity index (χ2v) is 7.44. The molecule has 0 fully saturated rings. The minimum Gasteiger partial charge on any atom is -0.207 e. The molecule has 2 aromatic carbocycles. The number of fused-ring (bicyclic) bond motifs is 1. The van der Waals surface area contributed by atoms with E-state index in [-0.39, 0.29) is 17.0 Å². The quantitative estimate of drug-likeness (QED) is 0.541. The van der Waals surface area contributed by atoms with Crippen LogP contribution in [-0.2, 0) is 19.3 Å². The van der Waals surface area contributed by atoms with Crippen molar-refractivity contribution in [2.24, 2.45) is 0 Å². The van der Waals surface area contributed by atoms with Crippen molar-refractivity contribution >= 4 is 0 Å². The van der Waals surface area contributed by atoms with Crippen LogP contribution >= 0.6 is 0 Å². The maximum absolute atomic E-state index is 14.7. The number of unbranched alkanes of at least 4 members (excludes halogenated alkanes) is 3. The molecule has 0 aromatic heterocycles. The van der Waals surface area contributed by atoms with Crippen LogP contribution in [0.4, 0.5) is 13.2 Å². The Balaban J connectivity index is 1.79. The Morgan fingerprint density at radius 3 is 2.37 bits per heavy atom. The highest BCUT2D eigenvalue weighted by Gasteiger charge is 2.27. The zero-order valence-corrected chi connectivity index (χ0v) is 15.6. The number of benzene rings is 2. The highest BCUT2D eigenvalue weighted by Crippen LogP contribution is 2.36. The molecule has 0 bridgehead atoms. The minimum absolute atomic E-state index is 0.0250. The number of nitriles is 1. The first kappa shape index (κ1) is 19.5. The Kier molecular flexibility index (Phi) is 6.21. The summed E-state index contributed by atoms with van der Waals surface area (Å²) in [5.41, 5.74) is 2.48. The van der Waals surface area contributed by atoms with E-state index in [9.17, 15) is 13.2 Å². The number of nitrogens with zero attached hydrogens (tertiary/aromatic N) is 1. The topological polar surface area (TPSA) is 23.8 Å². The molecule has 0 N–H and O–H groups in total. The summed E-state index contributed by atoms with van der Waals surface area (Å²) in [6, 6.07) is 7.67. The fraction of sp³-hybridized carbons (Fsp3) is 0.435. The van der Waals surface area contributed by atoms with E-state index < -0.39 is 17.5 Å². The van der Waals surface area contributed by atoms with Gasteiger partial charge in [0.25, 0.3) is 0 Å². The van der Waals surface area contributed by atoms with Crippen LogP contribution in [0.25, 0.3) is 0 Å². The molecular formula is C23H24F3N. The Labute approximate surface area is 158 Å². The molecule has 1 unspecified atom stereocenters. The number of aryl methyl sites for hydroxylation is 2. The van der Waals surface area contributed by atoms with Gasteiger partial charge in [0.05, 0.1) is 5.56 Å². The van der Waals surface area contributed by atoms with Gasteiger partial charge in [-0.3, -0.25) is 0 Å². The minimum atomic E-state index is -0.569. The molecule has 0 heterocycles. The van der Waals surface area contributed by atoms with Crippen LogP contribution in [0.1, 0.15) is 72.8 Å². The zero-order valence-electron chi connectivity index (χ0n) is 15.6. The SMILES string of the molecule is CCCCCCc1cc(F)c(C2CCc3cc(C#N)c(F)cc3C2)c(F)c1. The summed E-state index contributed by atoms with van der Waals surface area (Å²) >= 11 is 0. The first-order chi connectivity index (χ1) is 13.0. The van der Waals surface area contributed by atoms with Crippen LogP contribution in [0.2, 0.25) is 0 Å². The van der Waals surface area contributed by atoms with Gasteiger partial charge in [-0.15, -0.1) is 0 Å². The lowest BCUT2D eigenvalue weighted by atomic mass is 9.79. The third kappa shape index (κ3) is 4.35. The molecule has 4 heteroatoms. The fourth-order valence-electron chi connectivity index (χ4n) is 4.04. The molecule has 1 aliphatic carbocycles. The lowest BCUT2D eigenvalue weighted by Gasteiger charge is -2.26. The summed E-state index contributed by atoms with van der Waals surface area (Å²) in [5, 5.41) is 8.95. The molecule has 3 rings (SSSR count). The molecular weight excluding hydrogens is 347 g/mol.